The smallest absolute Gasteiger partial charge is 0.267 e. The predicted molar refractivity (Wildman–Crippen MR) is 173 cm³/mol. The van der Waals surface area contributed by atoms with Crippen LogP contribution in [0, 0.1) is 13.8 Å². The van der Waals surface area contributed by atoms with Crippen molar-refractivity contribution in [2.24, 2.45) is 0 Å². The monoisotopic (exact) mass is 592 g/mol. The summed E-state index contributed by atoms with van der Waals surface area (Å²) in [5, 5.41) is 51.8. The molecule has 8 nitrogen and oxygen atoms in total. The first kappa shape index (κ1) is 24.4. The van der Waals surface area contributed by atoms with Crippen molar-refractivity contribution < 1.29 is 29.9 Å². The maximum Gasteiger partial charge on any atom is 0.267 e. The summed E-state index contributed by atoms with van der Waals surface area (Å²) in [6.45, 7) is 3.63. The second-order valence-electron chi connectivity index (χ2n) is 12.1. The van der Waals surface area contributed by atoms with Gasteiger partial charge in [0.25, 0.3) is 6.29 Å². The van der Waals surface area contributed by atoms with Crippen molar-refractivity contribution in [3.8, 4) is 34.5 Å². The van der Waals surface area contributed by atoms with Crippen LogP contribution in [-0.2, 0) is 0 Å². The fourth-order valence-corrected chi connectivity index (χ4v) is 8.14. The molecule has 1 atom stereocenters. The summed E-state index contributed by atoms with van der Waals surface area (Å²) in [5.74, 6) is -0.791. The Kier molecular flexibility index (Phi) is 4.09. The van der Waals surface area contributed by atoms with Gasteiger partial charge in [-0.2, -0.15) is 0 Å². The first-order chi connectivity index (χ1) is 21.7. The lowest BCUT2D eigenvalue weighted by atomic mass is 9.78. The van der Waals surface area contributed by atoms with Gasteiger partial charge in [0.2, 0.25) is 0 Å². The minimum atomic E-state index is -1.01. The molecule has 0 radical (unpaired) electrons. The van der Waals surface area contributed by atoms with Crippen LogP contribution in [0.4, 0.5) is 0 Å². The normalized spacial score (nSPS) is 15.1. The van der Waals surface area contributed by atoms with Gasteiger partial charge in [-0.1, -0.05) is 30.3 Å². The fourth-order valence-electron chi connectivity index (χ4n) is 8.14. The van der Waals surface area contributed by atoms with Gasteiger partial charge in [-0.3, -0.25) is 9.59 Å². The van der Waals surface area contributed by atoms with Crippen molar-refractivity contribution in [1.82, 2.24) is 0 Å². The maximum atomic E-state index is 14.0. The molecule has 1 aliphatic rings. The zero-order chi connectivity index (χ0) is 30.8. The van der Waals surface area contributed by atoms with Crippen molar-refractivity contribution in [3.63, 3.8) is 0 Å². The average Bonchev–Trinajstić information content (AvgIpc) is 3.16. The minimum Gasteiger partial charge on any atom is -0.507 e. The van der Waals surface area contributed by atoms with Crippen LogP contribution in [0.5, 0.6) is 34.5 Å². The van der Waals surface area contributed by atoms with Crippen LogP contribution >= 0.6 is 0 Å². The Morgan fingerprint density at radius 1 is 0.489 bits per heavy atom. The number of hydrogen-bond donors (Lipinski definition) is 4. The highest BCUT2D eigenvalue weighted by Crippen LogP contribution is 2.60. The molecule has 0 aliphatic carbocycles. The zero-order valence-electron chi connectivity index (χ0n) is 23.7. The van der Waals surface area contributed by atoms with Crippen molar-refractivity contribution in [2.45, 2.75) is 20.1 Å². The van der Waals surface area contributed by atoms with E-state index >= 15 is 0 Å². The van der Waals surface area contributed by atoms with E-state index in [1.807, 2.05) is 37.3 Å². The topological polar surface area (TPSA) is 134 Å². The molecule has 10 rings (SSSR count). The molecule has 0 fully saturated rings. The summed E-state index contributed by atoms with van der Waals surface area (Å²) in [6, 6.07) is 14.8. The highest BCUT2D eigenvalue weighted by atomic mass is 16.7. The Labute approximate surface area is 251 Å². The number of benzene rings is 9. The molecule has 0 amide bonds. The summed E-state index contributed by atoms with van der Waals surface area (Å²) < 4.78 is 12.9. The van der Waals surface area contributed by atoms with Crippen molar-refractivity contribution in [2.75, 3.05) is 0 Å². The zero-order valence-corrected chi connectivity index (χ0v) is 23.7. The Morgan fingerprint density at radius 2 is 0.933 bits per heavy atom. The molecule has 45 heavy (non-hydrogen) atoms. The predicted octanol–water partition coefficient (Wildman–Crippen LogP) is 7.14. The van der Waals surface area contributed by atoms with E-state index in [4.69, 9.17) is 9.47 Å². The molecule has 9 aromatic rings. The lowest BCUT2D eigenvalue weighted by molar-refractivity contribution is 0.00801. The summed E-state index contributed by atoms with van der Waals surface area (Å²) in [4.78, 5) is 27.6. The standard InChI is InChI=1S/C37H20O8/c1-12-8-15(38)23-29-21(12)22-13(2)9-16(39)24-30(22)34-32-26(36(24)43)18(41)11-20-28(32)27-19(44-37(45-20)14-6-4-3-5-7-14)10-17(40)25(35(23)42)31(27)33(29)34/h3-11,37-38,41-43H,1-2H3. The van der Waals surface area contributed by atoms with E-state index in [1.165, 1.54) is 24.3 Å². The number of rotatable bonds is 1. The van der Waals surface area contributed by atoms with Crippen LogP contribution in [-0.4, -0.2) is 20.4 Å². The van der Waals surface area contributed by atoms with Crippen LogP contribution in [0.25, 0.3) is 75.4 Å². The Bertz CT molecular complexity index is 2910. The van der Waals surface area contributed by atoms with Gasteiger partial charge in [-0.05, 0) is 47.9 Å². The quantitative estimate of drug-likeness (QED) is 0.117. The number of phenols is 4. The molecule has 0 saturated heterocycles. The van der Waals surface area contributed by atoms with Gasteiger partial charge < -0.3 is 29.9 Å². The minimum absolute atomic E-state index is 0.0133. The third kappa shape index (κ3) is 2.58. The van der Waals surface area contributed by atoms with Gasteiger partial charge in [0.15, 0.2) is 10.9 Å². The molecule has 0 aromatic heterocycles. The highest BCUT2D eigenvalue weighted by Gasteiger charge is 2.35. The fraction of sp³-hybridized carbons (Fsp3) is 0.0811. The lowest BCUT2D eigenvalue weighted by Crippen LogP contribution is -2.14. The molecule has 1 aliphatic heterocycles. The van der Waals surface area contributed by atoms with Gasteiger partial charge in [-0.25, -0.2) is 0 Å². The molecule has 1 heterocycles. The van der Waals surface area contributed by atoms with Gasteiger partial charge in [0.05, 0.1) is 21.5 Å². The van der Waals surface area contributed by atoms with E-state index in [1.54, 1.807) is 6.92 Å². The highest BCUT2D eigenvalue weighted by molar-refractivity contribution is 6.52. The summed E-state index contributed by atoms with van der Waals surface area (Å²) in [7, 11) is 0. The van der Waals surface area contributed by atoms with Crippen LogP contribution in [0.15, 0.2) is 64.2 Å². The Hall–Kier alpha value is -6.02. The molecule has 0 saturated carbocycles. The van der Waals surface area contributed by atoms with Gasteiger partial charge in [-0.15, -0.1) is 0 Å². The van der Waals surface area contributed by atoms with Gasteiger partial charge in [0, 0.05) is 60.8 Å². The largest absolute Gasteiger partial charge is 0.507 e. The van der Waals surface area contributed by atoms with Gasteiger partial charge >= 0.3 is 0 Å². The maximum absolute atomic E-state index is 14.0. The first-order valence-electron chi connectivity index (χ1n) is 14.4. The van der Waals surface area contributed by atoms with Crippen LogP contribution < -0.4 is 20.3 Å². The number of aryl methyl sites for hydroxylation is 2. The molecule has 216 valence electrons. The molecular weight excluding hydrogens is 572 g/mol. The van der Waals surface area contributed by atoms with Crippen LogP contribution in [0.2, 0.25) is 0 Å². The average molecular weight is 593 g/mol. The van der Waals surface area contributed by atoms with E-state index in [2.05, 4.69) is 0 Å². The van der Waals surface area contributed by atoms with E-state index < -0.39 is 17.1 Å². The van der Waals surface area contributed by atoms with E-state index in [0.29, 0.717) is 70.6 Å². The molecule has 0 spiro atoms. The molecule has 8 heteroatoms. The number of ether oxygens (including phenoxy) is 2. The molecule has 9 aromatic carbocycles. The molecular formula is C37H20O8. The Morgan fingerprint density at radius 3 is 1.56 bits per heavy atom. The van der Waals surface area contributed by atoms with Gasteiger partial charge in [0.1, 0.15) is 34.5 Å². The lowest BCUT2D eigenvalue weighted by Gasteiger charge is -2.25. The number of hydrogen-bond acceptors (Lipinski definition) is 8. The molecule has 4 N–H and O–H groups in total. The SMILES string of the molecule is Cc1cc(O)c2c(O)c3c(=O)cc4c5c6c(cc(O)c7c(O)c8c(=O)cc(C)c9c1c2c(c35)c(c76)c89)OC(c1ccccc1)O4. The summed E-state index contributed by atoms with van der Waals surface area (Å²) >= 11 is 0. The number of aromatic hydroxyl groups is 4. The van der Waals surface area contributed by atoms with Crippen molar-refractivity contribution in [1.29, 1.82) is 0 Å². The molecule has 1 unspecified atom stereocenters. The van der Waals surface area contributed by atoms with Crippen LogP contribution in [0.1, 0.15) is 23.0 Å². The second-order valence-corrected chi connectivity index (χ2v) is 12.1. The first-order valence-corrected chi connectivity index (χ1v) is 14.4. The molecule has 0 bridgehead atoms. The summed E-state index contributed by atoms with van der Waals surface area (Å²) in [5.41, 5.74) is 1.03. The number of phenolic OH excluding ortho intramolecular Hbond substituents is 4. The van der Waals surface area contributed by atoms with E-state index in [0.717, 1.165) is 0 Å². The van der Waals surface area contributed by atoms with Crippen molar-refractivity contribution >= 4 is 75.4 Å². The van der Waals surface area contributed by atoms with E-state index in [-0.39, 0.29) is 56.0 Å². The van der Waals surface area contributed by atoms with Crippen LogP contribution in [0.3, 0.4) is 0 Å². The third-order valence-electron chi connectivity index (χ3n) is 9.75. The third-order valence-corrected chi connectivity index (χ3v) is 9.75. The summed E-state index contributed by atoms with van der Waals surface area (Å²) in [6.07, 6.45) is -1.01. The second kappa shape index (κ2) is 7.54. The van der Waals surface area contributed by atoms with Crippen molar-refractivity contribution in [3.05, 3.63) is 91.7 Å². The Balaban J connectivity index is 1.64. The van der Waals surface area contributed by atoms with E-state index in [9.17, 15) is 30.0 Å². The number of fused-ring (bicyclic) bond motifs is 1.